The van der Waals surface area contributed by atoms with Gasteiger partial charge in [0, 0.05) is 6.07 Å². The molecule has 0 radical (unpaired) electrons. The van der Waals surface area contributed by atoms with E-state index in [4.69, 9.17) is 16.4 Å². The number of aromatic nitrogens is 2. The first-order valence-corrected chi connectivity index (χ1v) is 3.71. The highest BCUT2D eigenvalue weighted by atomic mass is 16.6. The van der Waals surface area contributed by atoms with Gasteiger partial charge in [0.15, 0.2) is 0 Å². The molecule has 1 heterocycles. The molecule has 6 N–H and O–H groups in total. The van der Waals surface area contributed by atoms with Crippen molar-refractivity contribution in [3.8, 4) is 17.0 Å². The van der Waals surface area contributed by atoms with Crippen LogP contribution in [0, 0.1) is 5.41 Å². The van der Waals surface area contributed by atoms with Crippen molar-refractivity contribution in [3.05, 3.63) is 17.6 Å². The Kier molecular flexibility index (Phi) is 1.39. The molecule has 7 nitrogen and oxygen atoms in total. The van der Waals surface area contributed by atoms with Crippen LogP contribution >= 0.6 is 0 Å². The summed E-state index contributed by atoms with van der Waals surface area (Å²) in [7, 11) is 0. The lowest BCUT2D eigenvalue weighted by Crippen LogP contribution is -2.10. The molecule has 7 heteroatoms. The summed E-state index contributed by atoms with van der Waals surface area (Å²) >= 11 is 0. The third kappa shape index (κ3) is 0.830. The number of hydrogen-bond acceptors (Lipinski definition) is 5. The van der Waals surface area contributed by atoms with Gasteiger partial charge in [-0.1, -0.05) is 9.69 Å². The smallest absolute Gasteiger partial charge is 0.143 e. The number of aromatic hydroxyl groups is 1. The quantitative estimate of drug-likeness (QED) is 0.291. The van der Waals surface area contributed by atoms with Crippen LogP contribution in [0.4, 0.5) is 5.69 Å². The maximum atomic E-state index is 9.28. The van der Waals surface area contributed by atoms with Crippen molar-refractivity contribution >= 4 is 5.69 Å². The zero-order valence-corrected chi connectivity index (χ0v) is 6.97. The molecule has 0 saturated carbocycles. The first-order chi connectivity index (χ1) is 6.52. The fourth-order valence-corrected chi connectivity index (χ4v) is 1.32. The lowest BCUT2D eigenvalue weighted by molar-refractivity contribution is -0.00651. The van der Waals surface area contributed by atoms with Crippen LogP contribution in [0.2, 0.25) is 0 Å². The maximum absolute atomic E-state index is 9.28. The lowest BCUT2D eigenvalue weighted by atomic mass is 10.1. The van der Waals surface area contributed by atoms with E-state index in [1.54, 1.807) is 0 Å². The van der Waals surface area contributed by atoms with Gasteiger partial charge < -0.3 is 21.3 Å². The largest absolute Gasteiger partial charge is 0.506 e. The Morgan fingerprint density at radius 2 is 2.00 bits per heavy atom. The van der Waals surface area contributed by atoms with E-state index in [0.29, 0.717) is 9.69 Å². The summed E-state index contributed by atoms with van der Waals surface area (Å²) in [6.45, 7) is 0. The Hall–Kier alpha value is -2.31. The molecule has 0 fully saturated rings. The van der Waals surface area contributed by atoms with Crippen LogP contribution < -0.4 is 11.1 Å². The average molecular weight is 196 g/mol. The molecule has 1 aliphatic carbocycles. The number of phenolic OH excluding ortho intramolecular Hbond substituents is 1. The van der Waals surface area contributed by atoms with Crippen LogP contribution in [0.1, 0.15) is 0 Å². The van der Waals surface area contributed by atoms with Crippen LogP contribution in [0.3, 0.4) is 0 Å². The van der Waals surface area contributed by atoms with Crippen molar-refractivity contribution in [1.82, 2.24) is 9.69 Å². The van der Waals surface area contributed by atoms with Gasteiger partial charge in [0.25, 0.3) is 0 Å². The molecular weight excluding hydrogens is 188 g/mol. The molecule has 0 amide bonds. The number of fused-ring (bicyclic) bond motifs is 1. The fraction of sp³-hybridized carbons (Fsp3) is 0. The second-order valence-corrected chi connectivity index (χ2v) is 2.86. The van der Waals surface area contributed by atoms with E-state index < -0.39 is 0 Å². The predicted octanol–water partition coefficient (Wildman–Crippen LogP) is -0.364. The van der Waals surface area contributed by atoms with Gasteiger partial charge in [0.05, 0.1) is 17.4 Å². The summed E-state index contributed by atoms with van der Waals surface area (Å²) in [6.07, 6.45) is 1.08. The fourth-order valence-electron chi connectivity index (χ4n) is 1.32. The zero-order valence-electron chi connectivity index (χ0n) is 6.97. The third-order valence-electron chi connectivity index (χ3n) is 1.98. The van der Waals surface area contributed by atoms with Crippen LogP contribution in [0.15, 0.2) is 12.3 Å². The molecule has 0 atom stereocenters. The Morgan fingerprint density at radius 3 is 2.64 bits per heavy atom. The van der Waals surface area contributed by atoms with E-state index in [9.17, 15) is 10.3 Å². The molecular formula is C7H8N4O3. The van der Waals surface area contributed by atoms with Gasteiger partial charge in [0.2, 0.25) is 0 Å². The lowest BCUT2D eigenvalue weighted by Gasteiger charge is -2.05. The van der Waals surface area contributed by atoms with Crippen molar-refractivity contribution in [1.29, 1.82) is 5.41 Å². The number of nitrogens with one attached hydrogen (secondary N) is 1. The molecule has 1 aliphatic heterocycles. The summed E-state index contributed by atoms with van der Waals surface area (Å²) in [4.78, 5) is 0.765. The van der Waals surface area contributed by atoms with Gasteiger partial charge in [0.1, 0.15) is 16.8 Å². The van der Waals surface area contributed by atoms with Gasteiger partial charge in [-0.3, -0.25) is 5.41 Å². The summed E-state index contributed by atoms with van der Waals surface area (Å²) < 4.78 is 0. The van der Waals surface area contributed by atoms with Gasteiger partial charge in [-0.05, 0) is 0 Å². The van der Waals surface area contributed by atoms with Crippen molar-refractivity contribution < 1.29 is 15.5 Å². The van der Waals surface area contributed by atoms with Crippen molar-refractivity contribution in [2.24, 2.45) is 0 Å². The van der Waals surface area contributed by atoms with Gasteiger partial charge >= 0.3 is 0 Å². The van der Waals surface area contributed by atoms with E-state index in [1.807, 2.05) is 0 Å². The maximum Gasteiger partial charge on any atom is 0.143 e. The van der Waals surface area contributed by atoms with Crippen molar-refractivity contribution in [2.45, 2.75) is 0 Å². The summed E-state index contributed by atoms with van der Waals surface area (Å²) in [5, 5.41) is 34.9. The highest BCUT2D eigenvalue weighted by molar-refractivity contribution is 5.75. The number of nitrogens with zero attached hydrogens (tertiary/aromatic N) is 2. The summed E-state index contributed by atoms with van der Waals surface area (Å²) in [5.41, 5.74) is 5.80. The first-order valence-electron chi connectivity index (χ1n) is 3.71. The number of benzene rings is 1. The molecule has 2 rings (SSSR count). The topological polar surface area (TPSA) is 120 Å². The molecule has 74 valence electrons. The highest BCUT2D eigenvalue weighted by Crippen LogP contribution is 2.27. The van der Waals surface area contributed by atoms with Crippen molar-refractivity contribution in [2.75, 3.05) is 5.73 Å². The molecule has 0 spiro atoms. The second-order valence-electron chi connectivity index (χ2n) is 2.86. The number of rotatable bonds is 0. The van der Waals surface area contributed by atoms with Crippen LogP contribution in [-0.4, -0.2) is 25.2 Å². The Balaban J connectivity index is 3.00. The van der Waals surface area contributed by atoms with E-state index >= 15 is 0 Å². The molecule has 2 aliphatic rings. The Morgan fingerprint density at radius 1 is 1.36 bits per heavy atom. The number of nitrogens with two attached hydrogens (primary N) is 1. The number of nitrogen functional groups attached to an aromatic ring is 1. The van der Waals surface area contributed by atoms with E-state index in [0.717, 1.165) is 12.3 Å². The molecule has 0 saturated heterocycles. The number of hydrogen-bond donors (Lipinski definition) is 5. The van der Waals surface area contributed by atoms with Gasteiger partial charge in [-0.25, -0.2) is 0 Å². The molecule has 0 aromatic heterocycles. The SMILES string of the molecule is N=c1c(O)cc(N)c2n(O)n(O)cc1-2. The van der Waals surface area contributed by atoms with Crippen molar-refractivity contribution in [3.63, 3.8) is 0 Å². The normalized spacial score (nSPS) is 10.9. The predicted molar refractivity (Wildman–Crippen MR) is 45.3 cm³/mol. The van der Waals surface area contributed by atoms with Crippen LogP contribution in [-0.2, 0) is 0 Å². The minimum absolute atomic E-state index is 0.0730. The Bertz CT molecular complexity index is 527. The molecule has 0 aromatic carbocycles. The highest BCUT2D eigenvalue weighted by Gasteiger charge is 2.19. The van der Waals surface area contributed by atoms with E-state index in [2.05, 4.69) is 0 Å². The minimum Gasteiger partial charge on any atom is -0.506 e. The number of anilines is 1. The first kappa shape index (κ1) is 8.30. The summed E-state index contributed by atoms with van der Waals surface area (Å²) in [5.74, 6) is -0.304. The number of phenols is 1. The van der Waals surface area contributed by atoms with Crippen LogP contribution in [0.5, 0.6) is 5.75 Å². The molecule has 0 aromatic rings. The summed E-state index contributed by atoms with van der Waals surface area (Å²) in [6, 6.07) is 1.14. The van der Waals surface area contributed by atoms with Gasteiger partial charge in [-0.2, -0.15) is 0 Å². The van der Waals surface area contributed by atoms with Gasteiger partial charge in [-0.15, -0.1) is 0 Å². The zero-order chi connectivity index (χ0) is 10.5. The molecule has 0 unspecified atom stereocenters. The molecule has 14 heavy (non-hydrogen) atoms. The average Bonchev–Trinajstić information content (AvgIpc) is 2.40. The third-order valence-corrected chi connectivity index (χ3v) is 1.98. The second kappa shape index (κ2) is 2.34. The standard InChI is InChI=1S/C7H8N4O3/c8-4-1-5(12)6(9)3-2-10(13)11(14)7(3)4/h1-2,9,12-14H,8H2. The van der Waals surface area contributed by atoms with Crippen LogP contribution in [0.25, 0.3) is 11.3 Å². The molecule has 0 bridgehead atoms. The monoisotopic (exact) mass is 196 g/mol. The Labute approximate surface area is 77.6 Å². The van der Waals surface area contributed by atoms with E-state index in [-0.39, 0.29) is 28.1 Å². The van der Waals surface area contributed by atoms with E-state index in [1.165, 1.54) is 0 Å². The minimum atomic E-state index is -0.304.